The summed E-state index contributed by atoms with van der Waals surface area (Å²) in [6.45, 7) is 2.03. The molecule has 2 rings (SSSR count). The highest BCUT2D eigenvalue weighted by Crippen LogP contribution is 2.22. The molecular weight excluding hydrogens is 210 g/mol. The second kappa shape index (κ2) is 5.35. The first-order chi connectivity index (χ1) is 8.18. The number of benzene rings is 1. The van der Waals surface area contributed by atoms with Crippen LogP contribution in [-0.2, 0) is 0 Å². The zero-order valence-corrected chi connectivity index (χ0v) is 10.8. The molecule has 2 heteroatoms. The molecular formula is C15H21NO. The second-order valence-corrected chi connectivity index (χ2v) is 5.08. The van der Waals surface area contributed by atoms with E-state index >= 15 is 0 Å². The van der Waals surface area contributed by atoms with E-state index in [1.54, 1.807) is 0 Å². The van der Waals surface area contributed by atoms with Crippen molar-refractivity contribution in [1.29, 1.82) is 0 Å². The van der Waals surface area contributed by atoms with E-state index in [0.29, 0.717) is 6.04 Å². The summed E-state index contributed by atoms with van der Waals surface area (Å²) in [5, 5.41) is 0. The number of amides is 1. The summed E-state index contributed by atoms with van der Waals surface area (Å²) < 4.78 is 0. The zero-order chi connectivity index (χ0) is 12.3. The van der Waals surface area contributed by atoms with Crippen LogP contribution >= 0.6 is 0 Å². The Morgan fingerprint density at radius 3 is 2.59 bits per heavy atom. The Kier molecular flexibility index (Phi) is 3.82. The molecule has 0 aliphatic heterocycles. The molecule has 1 fully saturated rings. The van der Waals surface area contributed by atoms with Gasteiger partial charge in [-0.15, -0.1) is 0 Å². The van der Waals surface area contributed by atoms with Crippen LogP contribution < -0.4 is 0 Å². The lowest BCUT2D eigenvalue weighted by molar-refractivity contribution is 0.0696. The average Bonchev–Trinajstić information content (AvgIpc) is 2.38. The van der Waals surface area contributed by atoms with Gasteiger partial charge in [-0.1, -0.05) is 37.0 Å². The molecule has 0 N–H and O–H groups in total. The monoisotopic (exact) mass is 231 g/mol. The fourth-order valence-corrected chi connectivity index (χ4v) is 2.62. The lowest BCUT2D eigenvalue weighted by atomic mass is 9.94. The third-order valence-electron chi connectivity index (χ3n) is 3.71. The first-order valence-corrected chi connectivity index (χ1v) is 6.52. The minimum Gasteiger partial charge on any atom is -0.339 e. The summed E-state index contributed by atoms with van der Waals surface area (Å²) in [6, 6.07) is 8.31. The van der Waals surface area contributed by atoms with Crippen LogP contribution in [0.2, 0.25) is 0 Å². The minimum atomic E-state index is 0.167. The third kappa shape index (κ3) is 2.87. The number of nitrogens with zero attached hydrogens (tertiary/aromatic N) is 1. The van der Waals surface area contributed by atoms with E-state index in [1.807, 2.05) is 43.1 Å². The topological polar surface area (TPSA) is 20.3 Å². The maximum Gasteiger partial charge on any atom is 0.253 e. The Hall–Kier alpha value is -1.31. The molecule has 0 bridgehead atoms. The summed E-state index contributed by atoms with van der Waals surface area (Å²) in [4.78, 5) is 14.3. The van der Waals surface area contributed by atoms with Crippen molar-refractivity contribution < 1.29 is 4.79 Å². The van der Waals surface area contributed by atoms with E-state index in [2.05, 4.69) is 0 Å². The number of carbonyl (C=O) groups is 1. The van der Waals surface area contributed by atoms with E-state index in [1.165, 1.54) is 19.3 Å². The minimum absolute atomic E-state index is 0.167. The quantitative estimate of drug-likeness (QED) is 0.764. The predicted molar refractivity (Wildman–Crippen MR) is 70.1 cm³/mol. The Bertz CT molecular complexity index is 394. The van der Waals surface area contributed by atoms with Gasteiger partial charge in [-0.3, -0.25) is 4.79 Å². The molecule has 0 spiro atoms. The lowest BCUT2D eigenvalue weighted by Crippen LogP contribution is -2.38. The molecule has 1 aliphatic rings. The maximum absolute atomic E-state index is 12.3. The SMILES string of the molecule is Cc1cccc(C(=O)N(C)C2CCCCC2)c1. The van der Waals surface area contributed by atoms with Gasteiger partial charge in [-0.05, 0) is 31.9 Å². The van der Waals surface area contributed by atoms with Crippen LogP contribution in [0.15, 0.2) is 24.3 Å². The Morgan fingerprint density at radius 2 is 1.94 bits per heavy atom. The fraction of sp³-hybridized carbons (Fsp3) is 0.533. The van der Waals surface area contributed by atoms with Crippen LogP contribution in [0.1, 0.15) is 48.0 Å². The fourth-order valence-electron chi connectivity index (χ4n) is 2.62. The highest BCUT2D eigenvalue weighted by molar-refractivity contribution is 5.94. The number of aryl methyl sites for hydroxylation is 1. The van der Waals surface area contributed by atoms with E-state index < -0.39 is 0 Å². The Morgan fingerprint density at radius 1 is 1.24 bits per heavy atom. The smallest absolute Gasteiger partial charge is 0.253 e. The van der Waals surface area contributed by atoms with Crippen molar-refractivity contribution in [2.45, 2.75) is 45.1 Å². The zero-order valence-electron chi connectivity index (χ0n) is 10.8. The first kappa shape index (κ1) is 12.2. The summed E-state index contributed by atoms with van der Waals surface area (Å²) in [5.74, 6) is 0.167. The van der Waals surface area contributed by atoms with Crippen molar-refractivity contribution in [1.82, 2.24) is 4.90 Å². The molecule has 0 heterocycles. The second-order valence-electron chi connectivity index (χ2n) is 5.08. The predicted octanol–water partition coefficient (Wildman–Crippen LogP) is 3.40. The molecule has 92 valence electrons. The summed E-state index contributed by atoms with van der Waals surface area (Å²) in [6.07, 6.45) is 6.16. The van der Waals surface area contributed by atoms with Gasteiger partial charge in [0.15, 0.2) is 0 Å². The van der Waals surface area contributed by atoms with E-state index in [4.69, 9.17) is 0 Å². The highest BCUT2D eigenvalue weighted by atomic mass is 16.2. The standard InChI is InChI=1S/C15H21NO/c1-12-7-6-8-13(11-12)15(17)16(2)14-9-4-3-5-10-14/h6-8,11,14H,3-5,9-10H2,1-2H3. The van der Waals surface area contributed by atoms with Crippen molar-refractivity contribution in [3.63, 3.8) is 0 Å². The normalized spacial score (nSPS) is 16.8. The molecule has 17 heavy (non-hydrogen) atoms. The van der Waals surface area contributed by atoms with Crippen LogP contribution in [0.25, 0.3) is 0 Å². The molecule has 0 atom stereocenters. The van der Waals surface area contributed by atoms with Crippen molar-refractivity contribution in [3.8, 4) is 0 Å². The molecule has 1 saturated carbocycles. The number of rotatable bonds is 2. The summed E-state index contributed by atoms with van der Waals surface area (Å²) >= 11 is 0. The van der Waals surface area contributed by atoms with Gasteiger partial charge in [0.1, 0.15) is 0 Å². The Labute approximate surface area is 104 Å². The van der Waals surface area contributed by atoms with E-state index in [0.717, 1.165) is 24.0 Å². The molecule has 0 radical (unpaired) electrons. The van der Waals surface area contributed by atoms with Crippen LogP contribution in [0.3, 0.4) is 0 Å². The van der Waals surface area contributed by atoms with Crippen LogP contribution in [-0.4, -0.2) is 23.9 Å². The average molecular weight is 231 g/mol. The van der Waals surface area contributed by atoms with Crippen molar-refractivity contribution >= 4 is 5.91 Å². The molecule has 1 aliphatic carbocycles. The van der Waals surface area contributed by atoms with Crippen molar-refractivity contribution in [3.05, 3.63) is 35.4 Å². The van der Waals surface area contributed by atoms with E-state index in [-0.39, 0.29) is 5.91 Å². The van der Waals surface area contributed by atoms with Gasteiger partial charge in [0.25, 0.3) is 5.91 Å². The lowest BCUT2D eigenvalue weighted by Gasteiger charge is -2.31. The van der Waals surface area contributed by atoms with Gasteiger partial charge < -0.3 is 4.90 Å². The molecule has 2 nitrogen and oxygen atoms in total. The molecule has 1 amide bonds. The number of hydrogen-bond donors (Lipinski definition) is 0. The van der Waals surface area contributed by atoms with Crippen LogP contribution in [0.5, 0.6) is 0 Å². The first-order valence-electron chi connectivity index (χ1n) is 6.52. The van der Waals surface area contributed by atoms with Gasteiger partial charge in [-0.25, -0.2) is 0 Å². The summed E-state index contributed by atoms with van der Waals surface area (Å²) in [5.41, 5.74) is 1.96. The largest absolute Gasteiger partial charge is 0.339 e. The van der Waals surface area contributed by atoms with Gasteiger partial charge in [0, 0.05) is 18.7 Å². The van der Waals surface area contributed by atoms with Gasteiger partial charge in [-0.2, -0.15) is 0 Å². The highest BCUT2D eigenvalue weighted by Gasteiger charge is 2.22. The number of hydrogen-bond acceptors (Lipinski definition) is 1. The maximum atomic E-state index is 12.3. The van der Waals surface area contributed by atoms with Gasteiger partial charge in [0.2, 0.25) is 0 Å². The molecule has 1 aromatic carbocycles. The molecule has 1 aromatic rings. The summed E-state index contributed by atoms with van der Waals surface area (Å²) in [7, 11) is 1.95. The number of carbonyl (C=O) groups excluding carboxylic acids is 1. The molecule has 0 saturated heterocycles. The Balaban J connectivity index is 2.08. The van der Waals surface area contributed by atoms with Crippen molar-refractivity contribution in [2.24, 2.45) is 0 Å². The van der Waals surface area contributed by atoms with Crippen LogP contribution in [0.4, 0.5) is 0 Å². The van der Waals surface area contributed by atoms with Gasteiger partial charge >= 0.3 is 0 Å². The molecule has 0 aromatic heterocycles. The van der Waals surface area contributed by atoms with Crippen LogP contribution in [0, 0.1) is 6.92 Å². The molecule has 0 unspecified atom stereocenters. The third-order valence-corrected chi connectivity index (χ3v) is 3.71. The van der Waals surface area contributed by atoms with E-state index in [9.17, 15) is 4.79 Å². The van der Waals surface area contributed by atoms with Crippen molar-refractivity contribution in [2.75, 3.05) is 7.05 Å². The van der Waals surface area contributed by atoms with Gasteiger partial charge in [0.05, 0.1) is 0 Å².